The van der Waals surface area contributed by atoms with Crippen LogP contribution in [0, 0.1) is 12.8 Å². The van der Waals surface area contributed by atoms with Gasteiger partial charge in [-0.15, -0.1) is 0 Å². The number of aromatic nitrogens is 4. The summed E-state index contributed by atoms with van der Waals surface area (Å²) in [5, 5.41) is 4.46. The molecular formula is C19H29N5O. The Bertz CT molecular complexity index is 730. The third kappa shape index (κ3) is 3.65. The molecule has 0 aromatic carbocycles. The predicted octanol–water partition coefficient (Wildman–Crippen LogP) is 2.47. The van der Waals surface area contributed by atoms with Gasteiger partial charge in [-0.25, -0.2) is 4.98 Å². The molecule has 1 atom stereocenters. The number of hydrogen-bond acceptors (Lipinski definition) is 4. The average Bonchev–Trinajstić information content (AvgIpc) is 3.23. The van der Waals surface area contributed by atoms with Crippen LogP contribution in [0.4, 0.5) is 0 Å². The largest absolute Gasteiger partial charge is 0.381 e. The predicted molar refractivity (Wildman–Crippen MR) is 96.2 cm³/mol. The summed E-state index contributed by atoms with van der Waals surface area (Å²) in [7, 11) is 2.03. The molecule has 136 valence electrons. The Labute approximate surface area is 149 Å². The first-order valence-electron chi connectivity index (χ1n) is 9.47. The van der Waals surface area contributed by atoms with E-state index in [0.717, 1.165) is 50.9 Å². The van der Waals surface area contributed by atoms with E-state index in [2.05, 4.69) is 27.6 Å². The molecule has 0 amide bonds. The Morgan fingerprint density at radius 2 is 2.08 bits per heavy atom. The third-order valence-corrected chi connectivity index (χ3v) is 5.52. The van der Waals surface area contributed by atoms with Crippen molar-refractivity contribution in [2.45, 2.75) is 52.2 Å². The lowest BCUT2D eigenvalue weighted by Crippen LogP contribution is -2.37. The van der Waals surface area contributed by atoms with Gasteiger partial charge in [-0.3, -0.25) is 9.58 Å². The summed E-state index contributed by atoms with van der Waals surface area (Å²) in [6.07, 6.45) is 5.72. The van der Waals surface area contributed by atoms with Gasteiger partial charge in [0.15, 0.2) is 0 Å². The van der Waals surface area contributed by atoms with Crippen LogP contribution in [-0.2, 0) is 31.3 Å². The van der Waals surface area contributed by atoms with Gasteiger partial charge in [-0.1, -0.05) is 0 Å². The van der Waals surface area contributed by atoms with E-state index in [-0.39, 0.29) is 0 Å². The normalized spacial score (nSPS) is 20.8. The first-order valence-corrected chi connectivity index (χ1v) is 9.47. The van der Waals surface area contributed by atoms with E-state index in [4.69, 9.17) is 9.72 Å². The Balaban J connectivity index is 1.38. The fourth-order valence-electron chi connectivity index (χ4n) is 3.75. The van der Waals surface area contributed by atoms with E-state index in [9.17, 15) is 0 Å². The van der Waals surface area contributed by atoms with Crippen molar-refractivity contribution in [2.24, 2.45) is 13.0 Å². The summed E-state index contributed by atoms with van der Waals surface area (Å²) < 4.78 is 10.2. The van der Waals surface area contributed by atoms with E-state index >= 15 is 0 Å². The molecule has 1 aliphatic heterocycles. The third-order valence-electron chi connectivity index (χ3n) is 5.52. The standard InChI is InChI=1S/C19H29N5O/c1-14-10-18(22(3)21-14)12-23-7-8-24-17(11-20-19(24)15(23)2)6-9-25-13-16-4-5-16/h10-11,15-16H,4-9,12-13H2,1-3H3. The summed E-state index contributed by atoms with van der Waals surface area (Å²) in [6, 6.07) is 2.50. The summed E-state index contributed by atoms with van der Waals surface area (Å²) in [6.45, 7) is 9.04. The summed E-state index contributed by atoms with van der Waals surface area (Å²) in [4.78, 5) is 7.22. The Morgan fingerprint density at radius 1 is 1.24 bits per heavy atom. The van der Waals surface area contributed by atoms with E-state index in [0.29, 0.717) is 6.04 Å². The minimum atomic E-state index is 0.324. The monoisotopic (exact) mass is 343 g/mol. The fraction of sp³-hybridized carbons (Fsp3) is 0.684. The summed E-state index contributed by atoms with van der Waals surface area (Å²) in [5.41, 5.74) is 3.66. The average molecular weight is 343 g/mol. The number of nitrogens with zero attached hydrogens (tertiary/aromatic N) is 5. The van der Waals surface area contributed by atoms with Crippen molar-refractivity contribution in [1.82, 2.24) is 24.2 Å². The Morgan fingerprint density at radius 3 is 2.80 bits per heavy atom. The zero-order valence-electron chi connectivity index (χ0n) is 15.6. The highest BCUT2D eigenvalue weighted by Gasteiger charge is 2.27. The van der Waals surface area contributed by atoms with Crippen LogP contribution in [0.2, 0.25) is 0 Å². The van der Waals surface area contributed by atoms with Crippen molar-refractivity contribution < 1.29 is 4.74 Å². The van der Waals surface area contributed by atoms with Crippen molar-refractivity contribution in [2.75, 3.05) is 19.8 Å². The summed E-state index contributed by atoms with van der Waals surface area (Å²) in [5.74, 6) is 2.02. The maximum atomic E-state index is 5.80. The molecule has 0 bridgehead atoms. The lowest BCUT2D eigenvalue weighted by molar-refractivity contribution is 0.123. The van der Waals surface area contributed by atoms with Gasteiger partial charge in [0.05, 0.1) is 24.0 Å². The SMILES string of the molecule is Cc1cc(CN2CCn3c(CCOCC4CC4)cnc3C2C)n(C)n1. The molecule has 2 aromatic heterocycles. The van der Waals surface area contributed by atoms with Crippen LogP contribution >= 0.6 is 0 Å². The maximum Gasteiger partial charge on any atom is 0.126 e. The van der Waals surface area contributed by atoms with Crippen molar-refractivity contribution >= 4 is 0 Å². The second-order valence-electron chi connectivity index (χ2n) is 7.57. The quantitative estimate of drug-likeness (QED) is 0.725. The highest BCUT2D eigenvalue weighted by Crippen LogP contribution is 2.29. The van der Waals surface area contributed by atoms with Gasteiger partial charge in [0.25, 0.3) is 0 Å². The number of ether oxygens (including phenoxy) is 1. The van der Waals surface area contributed by atoms with E-state index in [1.165, 1.54) is 30.1 Å². The van der Waals surface area contributed by atoms with Gasteiger partial charge in [-0.05, 0) is 38.7 Å². The van der Waals surface area contributed by atoms with Crippen LogP contribution in [0.5, 0.6) is 0 Å². The molecule has 6 heteroatoms. The molecule has 3 heterocycles. The van der Waals surface area contributed by atoms with Crippen molar-refractivity contribution in [1.29, 1.82) is 0 Å². The zero-order chi connectivity index (χ0) is 17.4. The van der Waals surface area contributed by atoms with Crippen LogP contribution in [0.15, 0.2) is 12.3 Å². The number of rotatable bonds is 7. The van der Waals surface area contributed by atoms with Crippen molar-refractivity contribution in [3.63, 3.8) is 0 Å². The molecule has 1 fully saturated rings. The van der Waals surface area contributed by atoms with E-state index in [1.807, 2.05) is 24.9 Å². The van der Waals surface area contributed by atoms with Crippen LogP contribution in [0.1, 0.15) is 48.7 Å². The van der Waals surface area contributed by atoms with Crippen molar-refractivity contribution in [3.05, 3.63) is 35.2 Å². The minimum absolute atomic E-state index is 0.324. The molecule has 4 rings (SSSR count). The highest BCUT2D eigenvalue weighted by atomic mass is 16.5. The van der Waals surface area contributed by atoms with Gasteiger partial charge in [0.2, 0.25) is 0 Å². The van der Waals surface area contributed by atoms with Gasteiger partial charge in [0, 0.05) is 51.6 Å². The second-order valence-corrected chi connectivity index (χ2v) is 7.57. The molecule has 6 nitrogen and oxygen atoms in total. The molecule has 0 N–H and O–H groups in total. The Hall–Kier alpha value is -1.66. The molecule has 0 saturated heterocycles. The molecule has 0 radical (unpaired) electrons. The summed E-state index contributed by atoms with van der Waals surface area (Å²) >= 11 is 0. The lowest BCUT2D eigenvalue weighted by atomic mass is 10.2. The Kier molecular flexibility index (Phi) is 4.65. The topological polar surface area (TPSA) is 48.1 Å². The van der Waals surface area contributed by atoms with Gasteiger partial charge < -0.3 is 9.30 Å². The molecule has 1 unspecified atom stereocenters. The second kappa shape index (κ2) is 6.92. The zero-order valence-corrected chi connectivity index (χ0v) is 15.6. The molecule has 2 aromatic rings. The first kappa shape index (κ1) is 16.8. The van der Waals surface area contributed by atoms with Gasteiger partial charge >= 0.3 is 0 Å². The van der Waals surface area contributed by atoms with E-state index in [1.54, 1.807) is 0 Å². The molecule has 0 spiro atoms. The van der Waals surface area contributed by atoms with Gasteiger partial charge in [-0.2, -0.15) is 5.10 Å². The molecular weight excluding hydrogens is 314 g/mol. The van der Waals surface area contributed by atoms with Crippen molar-refractivity contribution in [3.8, 4) is 0 Å². The minimum Gasteiger partial charge on any atom is -0.381 e. The molecule has 1 aliphatic carbocycles. The first-order chi connectivity index (χ1) is 12.1. The van der Waals surface area contributed by atoms with Crippen LogP contribution in [0.25, 0.3) is 0 Å². The molecule has 1 saturated carbocycles. The highest BCUT2D eigenvalue weighted by molar-refractivity contribution is 5.13. The lowest BCUT2D eigenvalue weighted by Gasteiger charge is -2.34. The molecule has 2 aliphatic rings. The van der Waals surface area contributed by atoms with Crippen LogP contribution in [0.3, 0.4) is 0 Å². The number of fused-ring (bicyclic) bond motifs is 1. The van der Waals surface area contributed by atoms with Crippen LogP contribution in [-0.4, -0.2) is 44.0 Å². The number of hydrogen-bond donors (Lipinski definition) is 0. The van der Waals surface area contributed by atoms with E-state index < -0.39 is 0 Å². The number of aryl methyl sites for hydroxylation is 2. The number of imidazole rings is 1. The molecule has 25 heavy (non-hydrogen) atoms. The van der Waals surface area contributed by atoms with Crippen LogP contribution < -0.4 is 0 Å². The van der Waals surface area contributed by atoms with Gasteiger partial charge in [0.1, 0.15) is 5.82 Å². The fourth-order valence-corrected chi connectivity index (χ4v) is 3.75. The maximum absolute atomic E-state index is 5.80. The smallest absolute Gasteiger partial charge is 0.126 e.